The third kappa shape index (κ3) is 3.07. The molecule has 0 aliphatic rings. The molecule has 120 valence electrons. The molecule has 0 aliphatic carbocycles. The van der Waals surface area contributed by atoms with Gasteiger partial charge in [0.15, 0.2) is 0 Å². The molecule has 0 bridgehead atoms. The van der Waals surface area contributed by atoms with Gasteiger partial charge in [0.05, 0.1) is 21.1 Å². The summed E-state index contributed by atoms with van der Waals surface area (Å²) in [5.41, 5.74) is 3.26. The molecule has 0 N–H and O–H groups in total. The summed E-state index contributed by atoms with van der Waals surface area (Å²) in [4.78, 5) is 6.14. The van der Waals surface area contributed by atoms with Gasteiger partial charge in [0.1, 0.15) is 5.82 Å². The van der Waals surface area contributed by atoms with E-state index in [2.05, 4.69) is 34.2 Å². The molecule has 4 rings (SSSR count). The summed E-state index contributed by atoms with van der Waals surface area (Å²) in [5, 5.41) is 3.26. The monoisotopic (exact) mass is 372 g/mol. The average Bonchev–Trinajstić information content (AvgIpc) is 3.20. The van der Waals surface area contributed by atoms with Crippen molar-refractivity contribution >= 4 is 45.6 Å². The second-order valence-corrected chi connectivity index (χ2v) is 7.45. The van der Waals surface area contributed by atoms with Gasteiger partial charge in [0, 0.05) is 17.8 Å². The number of imidazole rings is 1. The number of para-hydroxylation sites is 2. The van der Waals surface area contributed by atoms with E-state index in [0.717, 1.165) is 35.4 Å². The maximum Gasteiger partial charge on any atom is 0.115 e. The molecule has 0 amide bonds. The first-order valence-electron chi connectivity index (χ1n) is 7.61. The van der Waals surface area contributed by atoms with Crippen molar-refractivity contribution in [3.8, 4) is 0 Å². The summed E-state index contributed by atoms with van der Waals surface area (Å²) < 4.78 is 2.26. The van der Waals surface area contributed by atoms with Crippen molar-refractivity contribution in [3.05, 3.63) is 86.3 Å². The van der Waals surface area contributed by atoms with Gasteiger partial charge in [-0.05, 0) is 41.3 Å². The first-order valence-corrected chi connectivity index (χ1v) is 9.25. The maximum absolute atomic E-state index is 6.17. The minimum Gasteiger partial charge on any atom is -0.323 e. The Bertz CT molecular complexity index is 990. The minimum atomic E-state index is 0.578. The van der Waals surface area contributed by atoms with Crippen LogP contribution in [-0.2, 0) is 13.0 Å². The van der Waals surface area contributed by atoms with Gasteiger partial charge < -0.3 is 4.57 Å². The van der Waals surface area contributed by atoms with E-state index >= 15 is 0 Å². The third-order valence-electron chi connectivity index (χ3n) is 3.97. The molecule has 2 heterocycles. The van der Waals surface area contributed by atoms with Crippen LogP contribution in [0.5, 0.6) is 0 Å². The van der Waals surface area contributed by atoms with Gasteiger partial charge in [-0.3, -0.25) is 0 Å². The molecule has 2 nitrogen and oxygen atoms in total. The zero-order valence-electron chi connectivity index (χ0n) is 12.7. The van der Waals surface area contributed by atoms with Crippen LogP contribution in [0.2, 0.25) is 10.0 Å². The number of hydrogen-bond acceptors (Lipinski definition) is 2. The molecular weight excluding hydrogens is 359 g/mol. The first kappa shape index (κ1) is 15.7. The van der Waals surface area contributed by atoms with Gasteiger partial charge in [0.25, 0.3) is 0 Å². The van der Waals surface area contributed by atoms with Gasteiger partial charge in [-0.2, -0.15) is 0 Å². The Morgan fingerprint density at radius 3 is 2.62 bits per heavy atom. The molecule has 0 atom stereocenters. The molecule has 0 unspecified atom stereocenters. The number of thiophene rings is 1. The predicted molar refractivity (Wildman–Crippen MR) is 102 cm³/mol. The Labute approximate surface area is 154 Å². The van der Waals surface area contributed by atoms with E-state index in [4.69, 9.17) is 28.2 Å². The minimum absolute atomic E-state index is 0.578. The van der Waals surface area contributed by atoms with Crippen LogP contribution < -0.4 is 0 Å². The lowest BCUT2D eigenvalue weighted by Gasteiger charge is -2.10. The summed E-state index contributed by atoms with van der Waals surface area (Å²) in [6, 6.07) is 18.2. The molecule has 0 spiro atoms. The van der Waals surface area contributed by atoms with Crippen molar-refractivity contribution < 1.29 is 0 Å². The van der Waals surface area contributed by atoms with Crippen molar-refractivity contribution in [2.24, 2.45) is 0 Å². The molecule has 0 saturated heterocycles. The fourth-order valence-electron chi connectivity index (χ4n) is 2.83. The Morgan fingerprint density at radius 1 is 0.958 bits per heavy atom. The van der Waals surface area contributed by atoms with Gasteiger partial charge in [0.2, 0.25) is 0 Å². The standard InChI is InChI=1S/C19H14Cl2N2S/c20-15-8-7-13(10-16(15)21)12-23-18-6-2-1-5-17(18)22-19(23)11-14-4-3-9-24-14/h1-10H,11-12H2. The largest absolute Gasteiger partial charge is 0.323 e. The molecule has 4 aromatic rings. The number of fused-ring (bicyclic) bond motifs is 1. The SMILES string of the molecule is Clc1ccc(Cn2c(Cc3cccs3)nc3ccccc32)cc1Cl. The van der Waals surface area contributed by atoms with E-state index in [-0.39, 0.29) is 0 Å². The van der Waals surface area contributed by atoms with Crippen molar-refractivity contribution in [2.45, 2.75) is 13.0 Å². The van der Waals surface area contributed by atoms with Crippen LogP contribution >= 0.6 is 34.5 Å². The molecule has 0 saturated carbocycles. The first-order chi connectivity index (χ1) is 11.7. The topological polar surface area (TPSA) is 17.8 Å². The van der Waals surface area contributed by atoms with Gasteiger partial charge in [-0.25, -0.2) is 4.98 Å². The highest BCUT2D eigenvalue weighted by Crippen LogP contribution is 2.25. The number of rotatable bonds is 4. The van der Waals surface area contributed by atoms with Crippen LogP contribution in [-0.4, -0.2) is 9.55 Å². The molecule has 5 heteroatoms. The number of aromatic nitrogens is 2. The second kappa shape index (κ2) is 6.60. The molecular formula is C19H14Cl2N2S. The quantitative estimate of drug-likeness (QED) is 0.426. The van der Waals surface area contributed by atoms with Crippen LogP contribution in [0.3, 0.4) is 0 Å². The lowest BCUT2D eigenvalue weighted by molar-refractivity contribution is 0.765. The smallest absolute Gasteiger partial charge is 0.115 e. The molecule has 24 heavy (non-hydrogen) atoms. The molecule has 2 aromatic heterocycles. The molecule has 0 radical (unpaired) electrons. The van der Waals surface area contributed by atoms with E-state index in [9.17, 15) is 0 Å². The normalized spacial score (nSPS) is 11.2. The lowest BCUT2D eigenvalue weighted by atomic mass is 10.2. The highest BCUT2D eigenvalue weighted by molar-refractivity contribution is 7.09. The van der Waals surface area contributed by atoms with Crippen LogP contribution in [0.15, 0.2) is 60.0 Å². The second-order valence-electron chi connectivity index (χ2n) is 5.61. The van der Waals surface area contributed by atoms with E-state index in [1.165, 1.54) is 4.88 Å². The number of benzene rings is 2. The van der Waals surface area contributed by atoms with Crippen molar-refractivity contribution in [3.63, 3.8) is 0 Å². The van der Waals surface area contributed by atoms with Crippen LogP contribution in [0.25, 0.3) is 11.0 Å². The zero-order chi connectivity index (χ0) is 16.5. The number of hydrogen-bond donors (Lipinski definition) is 0. The van der Waals surface area contributed by atoms with Crippen LogP contribution in [0.1, 0.15) is 16.3 Å². The highest BCUT2D eigenvalue weighted by atomic mass is 35.5. The summed E-state index contributed by atoms with van der Waals surface area (Å²) in [5.74, 6) is 1.06. The summed E-state index contributed by atoms with van der Waals surface area (Å²) in [6.45, 7) is 0.720. The Hall–Kier alpha value is -1.81. The Morgan fingerprint density at radius 2 is 1.83 bits per heavy atom. The molecule has 2 aromatic carbocycles. The average molecular weight is 373 g/mol. The molecule has 0 fully saturated rings. The summed E-state index contributed by atoms with van der Waals surface area (Å²) in [6.07, 6.45) is 0.827. The van der Waals surface area contributed by atoms with Crippen LogP contribution in [0, 0.1) is 0 Å². The zero-order valence-corrected chi connectivity index (χ0v) is 15.1. The fourth-order valence-corrected chi connectivity index (χ4v) is 3.85. The predicted octanol–water partition coefficient (Wildman–Crippen LogP) is 6.04. The Kier molecular flexibility index (Phi) is 4.31. The lowest BCUT2D eigenvalue weighted by Crippen LogP contribution is -2.05. The van der Waals surface area contributed by atoms with Crippen molar-refractivity contribution in [1.82, 2.24) is 9.55 Å². The maximum atomic E-state index is 6.17. The highest BCUT2D eigenvalue weighted by Gasteiger charge is 2.12. The van der Waals surface area contributed by atoms with Gasteiger partial charge in [-0.15, -0.1) is 11.3 Å². The van der Waals surface area contributed by atoms with Crippen LogP contribution in [0.4, 0.5) is 0 Å². The van der Waals surface area contributed by atoms with E-state index in [1.807, 2.05) is 30.3 Å². The van der Waals surface area contributed by atoms with E-state index < -0.39 is 0 Å². The summed E-state index contributed by atoms with van der Waals surface area (Å²) in [7, 11) is 0. The van der Waals surface area contributed by atoms with Crippen molar-refractivity contribution in [2.75, 3.05) is 0 Å². The van der Waals surface area contributed by atoms with Gasteiger partial charge in [-0.1, -0.05) is 47.5 Å². The molecule has 0 aliphatic heterocycles. The fraction of sp³-hybridized carbons (Fsp3) is 0.105. The van der Waals surface area contributed by atoms with Gasteiger partial charge >= 0.3 is 0 Å². The third-order valence-corrected chi connectivity index (χ3v) is 5.59. The summed E-state index contributed by atoms with van der Waals surface area (Å²) >= 11 is 14.0. The number of halogens is 2. The van der Waals surface area contributed by atoms with E-state index in [1.54, 1.807) is 11.3 Å². The van der Waals surface area contributed by atoms with E-state index in [0.29, 0.717) is 10.0 Å². The Balaban J connectivity index is 1.78. The van der Waals surface area contributed by atoms with Crippen molar-refractivity contribution in [1.29, 1.82) is 0 Å². The number of nitrogens with zero attached hydrogens (tertiary/aromatic N) is 2.